The number of carbonyl (C=O) groups is 1. The Labute approximate surface area is 153 Å². The van der Waals surface area contributed by atoms with E-state index in [1.807, 2.05) is 5.32 Å². The van der Waals surface area contributed by atoms with Gasteiger partial charge < -0.3 is 10.4 Å². The van der Waals surface area contributed by atoms with Crippen LogP contribution in [-0.4, -0.2) is 40.5 Å². The largest absolute Gasteiger partial charge is 0.423 e. The number of alkyl halides is 3. The lowest BCUT2D eigenvalue weighted by Gasteiger charge is -2.27. The minimum Gasteiger partial charge on any atom is -0.379 e. The molecule has 1 amide bonds. The fourth-order valence-electron chi connectivity index (χ4n) is 1.92. The van der Waals surface area contributed by atoms with Gasteiger partial charge in [-0.2, -0.15) is 13.2 Å². The predicted octanol–water partition coefficient (Wildman–Crippen LogP) is 2.52. The fraction of sp³-hybridized carbons (Fsp3) is 0.533. The second kappa shape index (κ2) is 7.08. The van der Waals surface area contributed by atoms with Gasteiger partial charge in [-0.05, 0) is 39.8 Å². The van der Waals surface area contributed by atoms with Gasteiger partial charge in [-0.3, -0.25) is 14.9 Å². The third kappa shape index (κ3) is 5.39. The van der Waals surface area contributed by atoms with Crippen molar-refractivity contribution < 1.29 is 36.4 Å². The number of benzene rings is 1. The molecule has 0 saturated carbocycles. The zero-order valence-corrected chi connectivity index (χ0v) is 15.7. The monoisotopic (exact) mass is 412 g/mol. The average Bonchev–Trinajstić information content (AvgIpc) is 2.43. The van der Waals surface area contributed by atoms with Crippen molar-refractivity contribution in [3.8, 4) is 0 Å². The summed E-state index contributed by atoms with van der Waals surface area (Å²) in [5, 5.41) is 22.9. The molecule has 0 fully saturated rings. The lowest BCUT2D eigenvalue weighted by molar-refractivity contribution is -0.388. The summed E-state index contributed by atoms with van der Waals surface area (Å²) in [6.45, 7) is 4.99. The minimum absolute atomic E-state index is 0.338. The van der Waals surface area contributed by atoms with Crippen LogP contribution in [0.25, 0.3) is 0 Å². The van der Waals surface area contributed by atoms with Crippen molar-refractivity contribution in [2.75, 3.05) is 11.1 Å². The number of nitrogens with zero attached hydrogens (tertiary/aromatic N) is 1. The van der Waals surface area contributed by atoms with Crippen molar-refractivity contribution in [2.45, 2.75) is 44.2 Å². The Morgan fingerprint density at radius 2 is 1.74 bits per heavy atom. The molecule has 8 nitrogen and oxygen atoms in total. The summed E-state index contributed by atoms with van der Waals surface area (Å²) >= 11 is 0. The van der Waals surface area contributed by atoms with Crippen LogP contribution in [0.4, 0.5) is 24.5 Å². The molecule has 2 N–H and O–H groups in total. The molecule has 0 bridgehead atoms. The van der Waals surface area contributed by atoms with Gasteiger partial charge in [-0.15, -0.1) is 0 Å². The number of hydrogen-bond donors (Lipinski definition) is 2. The molecular formula is C15H19F3N2O6S. The van der Waals surface area contributed by atoms with Crippen LogP contribution in [0.2, 0.25) is 0 Å². The molecule has 0 aliphatic rings. The lowest BCUT2D eigenvalue weighted by Crippen LogP contribution is -2.49. The van der Waals surface area contributed by atoms with Crippen LogP contribution in [0.1, 0.15) is 33.3 Å². The topological polar surface area (TPSA) is 127 Å². The maximum absolute atomic E-state index is 13.0. The van der Waals surface area contributed by atoms with Crippen molar-refractivity contribution in [3.63, 3.8) is 0 Å². The Bertz CT molecular complexity index is 857. The molecule has 0 radical (unpaired) electrons. The molecule has 0 aromatic heterocycles. The van der Waals surface area contributed by atoms with Crippen LogP contribution in [-0.2, 0) is 20.8 Å². The Hall–Kier alpha value is -2.21. The van der Waals surface area contributed by atoms with E-state index in [0.717, 1.165) is 13.0 Å². The zero-order valence-electron chi connectivity index (χ0n) is 14.9. The van der Waals surface area contributed by atoms with Crippen molar-refractivity contribution in [1.82, 2.24) is 0 Å². The van der Waals surface area contributed by atoms with E-state index in [-0.39, 0.29) is 0 Å². The average molecular weight is 412 g/mol. The van der Waals surface area contributed by atoms with Gasteiger partial charge in [0.1, 0.15) is 5.56 Å². The standard InChI is InChI=1S/C15H19F3N2O6S/c1-13(2,3)27(25,26)8-14(4,22)12(21)19-9-5-6-11(20(23)24)10(7-9)15(16,17)18/h5-7,22H,8H2,1-4H3,(H,19,21). The zero-order chi connectivity index (χ0) is 21.4. The third-order valence-corrected chi connectivity index (χ3v) is 6.46. The van der Waals surface area contributed by atoms with E-state index in [9.17, 15) is 41.6 Å². The first-order valence-electron chi connectivity index (χ1n) is 7.50. The highest BCUT2D eigenvalue weighted by Gasteiger charge is 2.42. The van der Waals surface area contributed by atoms with E-state index in [4.69, 9.17) is 0 Å². The van der Waals surface area contributed by atoms with Gasteiger partial charge >= 0.3 is 6.18 Å². The minimum atomic E-state index is -5.05. The second-order valence-electron chi connectivity index (χ2n) is 7.09. The molecule has 0 aliphatic carbocycles. The number of sulfone groups is 1. The highest BCUT2D eigenvalue weighted by atomic mass is 32.2. The van der Waals surface area contributed by atoms with E-state index in [2.05, 4.69) is 0 Å². The van der Waals surface area contributed by atoms with E-state index < -0.39 is 59.9 Å². The van der Waals surface area contributed by atoms with E-state index >= 15 is 0 Å². The number of amides is 1. The van der Waals surface area contributed by atoms with Crippen LogP contribution in [0, 0.1) is 10.1 Å². The molecular weight excluding hydrogens is 393 g/mol. The van der Waals surface area contributed by atoms with Gasteiger partial charge in [0.2, 0.25) is 0 Å². The smallest absolute Gasteiger partial charge is 0.379 e. The first-order chi connectivity index (χ1) is 11.9. The SMILES string of the molecule is CC(O)(CS(=O)(=O)C(C)(C)C)C(=O)Nc1ccc([N+](=O)[O-])c(C(F)(F)F)c1. The fourth-order valence-corrected chi connectivity index (χ4v) is 3.22. The van der Waals surface area contributed by atoms with Gasteiger partial charge in [0.15, 0.2) is 15.4 Å². The first-order valence-corrected chi connectivity index (χ1v) is 9.15. The van der Waals surface area contributed by atoms with Gasteiger partial charge in [0.05, 0.1) is 15.4 Å². The highest BCUT2D eigenvalue weighted by Crippen LogP contribution is 2.37. The summed E-state index contributed by atoms with van der Waals surface area (Å²) < 4.78 is 62.0. The van der Waals surface area contributed by atoms with Crippen molar-refractivity contribution in [2.24, 2.45) is 0 Å². The number of nitro benzene ring substituents is 1. The molecule has 152 valence electrons. The quantitative estimate of drug-likeness (QED) is 0.565. The normalized spacial score (nSPS) is 15.1. The molecule has 1 aromatic rings. The Balaban J connectivity index is 3.18. The number of nitro groups is 1. The van der Waals surface area contributed by atoms with Crippen molar-refractivity contribution >= 4 is 27.1 Å². The number of hydrogen-bond acceptors (Lipinski definition) is 6. The van der Waals surface area contributed by atoms with Gasteiger partial charge in [-0.25, -0.2) is 8.42 Å². The van der Waals surface area contributed by atoms with Gasteiger partial charge in [0.25, 0.3) is 11.6 Å². The Morgan fingerprint density at radius 1 is 1.22 bits per heavy atom. The summed E-state index contributed by atoms with van der Waals surface area (Å²) in [7, 11) is -3.92. The van der Waals surface area contributed by atoms with Gasteiger partial charge in [-0.1, -0.05) is 0 Å². The van der Waals surface area contributed by atoms with E-state index in [0.29, 0.717) is 12.1 Å². The second-order valence-corrected chi connectivity index (χ2v) is 9.83. The van der Waals surface area contributed by atoms with Crippen molar-refractivity contribution in [3.05, 3.63) is 33.9 Å². The molecule has 0 spiro atoms. The summed E-state index contributed by atoms with van der Waals surface area (Å²) in [5.74, 6) is -2.23. The summed E-state index contributed by atoms with van der Waals surface area (Å²) in [5.41, 5.74) is -5.71. The highest BCUT2D eigenvalue weighted by molar-refractivity contribution is 7.92. The molecule has 1 aromatic carbocycles. The maximum Gasteiger partial charge on any atom is 0.423 e. The number of aliphatic hydroxyl groups is 1. The number of rotatable bonds is 5. The number of carbonyl (C=O) groups excluding carboxylic acids is 1. The van der Waals surface area contributed by atoms with Crippen LogP contribution in [0.3, 0.4) is 0 Å². The Morgan fingerprint density at radius 3 is 2.15 bits per heavy atom. The van der Waals surface area contributed by atoms with Crippen LogP contribution in [0.15, 0.2) is 18.2 Å². The van der Waals surface area contributed by atoms with Gasteiger partial charge in [0, 0.05) is 11.8 Å². The maximum atomic E-state index is 13.0. The van der Waals surface area contributed by atoms with Crippen LogP contribution >= 0.6 is 0 Å². The number of nitrogens with one attached hydrogen (secondary N) is 1. The molecule has 0 saturated heterocycles. The number of halogens is 3. The third-order valence-electron chi connectivity index (χ3n) is 3.65. The first kappa shape index (κ1) is 22.8. The van der Waals surface area contributed by atoms with Crippen LogP contribution < -0.4 is 5.32 Å². The van der Waals surface area contributed by atoms with E-state index in [1.165, 1.54) is 20.8 Å². The predicted molar refractivity (Wildman–Crippen MR) is 90.9 cm³/mol. The molecule has 1 atom stereocenters. The van der Waals surface area contributed by atoms with Crippen molar-refractivity contribution in [1.29, 1.82) is 0 Å². The number of anilines is 1. The molecule has 1 unspecified atom stereocenters. The summed E-state index contributed by atoms with van der Waals surface area (Å²) in [6, 6.07) is 1.74. The summed E-state index contributed by atoms with van der Waals surface area (Å²) in [4.78, 5) is 21.7. The lowest BCUT2D eigenvalue weighted by atomic mass is 10.1. The molecule has 12 heteroatoms. The summed E-state index contributed by atoms with van der Waals surface area (Å²) in [6.07, 6.45) is -5.05. The molecule has 0 heterocycles. The molecule has 1 rings (SSSR count). The van der Waals surface area contributed by atoms with Crippen LogP contribution in [0.5, 0.6) is 0 Å². The van der Waals surface area contributed by atoms with E-state index in [1.54, 1.807) is 0 Å². The molecule has 27 heavy (non-hydrogen) atoms. The Kier molecular flexibility index (Phi) is 5.98. The molecule has 0 aliphatic heterocycles.